The highest BCUT2D eigenvalue weighted by Gasteiger charge is 2.27. The smallest absolute Gasteiger partial charge is 0.410 e. The van der Waals surface area contributed by atoms with Crippen LogP contribution in [0, 0.1) is 6.92 Å². The van der Waals surface area contributed by atoms with Gasteiger partial charge in [0, 0.05) is 38.2 Å². The highest BCUT2D eigenvalue weighted by Crippen LogP contribution is 2.17. The SMILES string of the molecule is Cc1cc(OCCCN2CCN(C(=O)OC(C)(C)C)CCC2=O)ccc1C=O. The van der Waals surface area contributed by atoms with Gasteiger partial charge in [-0.3, -0.25) is 9.59 Å². The highest BCUT2D eigenvalue weighted by atomic mass is 16.6. The van der Waals surface area contributed by atoms with Gasteiger partial charge in [-0.1, -0.05) is 0 Å². The molecule has 0 aliphatic carbocycles. The minimum absolute atomic E-state index is 0.0391. The van der Waals surface area contributed by atoms with Crippen molar-refractivity contribution in [2.24, 2.45) is 0 Å². The topological polar surface area (TPSA) is 76.2 Å². The first-order valence-corrected chi connectivity index (χ1v) is 9.64. The van der Waals surface area contributed by atoms with Crippen molar-refractivity contribution >= 4 is 18.3 Å². The van der Waals surface area contributed by atoms with Crippen molar-refractivity contribution in [3.05, 3.63) is 29.3 Å². The van der Waals surface area contributed by atoms with Crippen LogP contribution in [0.2, 0.25) is 0 Å². The molecule has 154 valence electrons. The normalized spacial score (nSPS) is 15.2. The van der Waals surface area contributed by atoms with Gasteiger partial charge in [0.1, 0.15) is 17.6 Å². The molecule has 1 heterocycles. The van der Waals surface area contributed by atoms with E-state index in [2.05, 4.69) is 0 Å². The van der Waals surface area contributed by atoms with Gasteiger partial charge in [-0.2, -0.15) is 0 Å². The lowest BCUT2D eigenvalue weighted by Crippen LogP contribution is -2.39. The van der Waals surface area contributed by atoms with Crippen molar-refractivity contribution in [1.82, 2.24) is 9.80 Å². The molecule has 7 nitrogen and oxygen atoms in total. The molecule has 0 aromatic heterocycles. The molecule has 0 saturated carbocycles. The van der Waals surface area contributed by atoms with Crippen molar-refractivity contribution < 1.29 is 23.9 Å². The molecule has 2 rings (SSSR count). The van der Waals surface area contributed by atoms with Gasteiger partial charge in [0.05, 0.1) is 6.61 Å². The van der Waals surface area contributed by atoms with Gasteiger partial charge in [0.2, 0.25) is 5.91 Å². The van der Waals surface area contributed by atoms with E-state index < -0.39 is 5.60 Å². The first-order valence-electron chi connectivity index (χ1n) is 9.64. The fraction of sp³-hybridized carbons (Fsp3) is 0.571. The molecule has 7 heteroatoms. The van der Waals surface area contributed by atoms with Crippen molar-refractivity contribution in [2.45, 2.75) is 46.1 Å². The van der Waals surface area contributed by atoms with Crippen LogP contribution in [0.15, 0.2) is 18.2 Å². The zero-order valence-electron chi connectivity index (χ0n) is 17.2. The van der Waals surface area contributed by atoms with Crippen molar-refractivity contribution in [3.63, 3.8) is 0 Å². The van der Waals surface area contributed by atoms with Crippen LogP contribution < -0.4 is 4.74 Å². The third-order valence-corrected chi connectivity index (χ3v) is 4.45. The number of rotatable bonds is 6. The number of carbonyl (C=O) groups is 3. The van der Waals surface area contributed by atoms with E-state index in [1.54, 1.807) is 21.9 Å². The van der Waals surface area contributed by atoms with Crippen LogP contribution in [-0.4, -0.2) is 66.5 Å². The number of amides is 2. The third-order valence-electron chi connectivity index (χ3n) is 4.45. The lowest BCUT2D eigenvalue weighted by atomic mass is 10.1. The van der Waals surface area contributed by atoms with E-state index in [-0.39, 0.29) is 12.0 Å². The van der Waals surface area contributed by atoms with E-state index in [1.807, 2.05) is 33.8 Å². The fourth-order valence-corrected chi connectivity index (χ4v) is 2.93. The first kappa shape index (κ1) is 21.7. The standard InChI is InChI=1S/C21H30N2O5/c1-16-14-18(7-6-17(16)15-24)27-13-5-9-22-11-12-23(10-8-19(22)25)20(26)28-21(2,3)4/h6-7,14-15H,5,8-13H2,1-4H3. The van der Waals surface area contributed by atoms with Gasteiger partial charge < -0.3 is 19.3 Å². The predicted molar refractivity (Wildman–Crippen MR) is 106 cm³/mol. The Hall–Kier alpha value is -2.57. The maximum atomic E-state index is 12.3. The Balaban J connectivity index is 1.78. The van der Waals surface area contributed by atoms with Crippen molar-refractivity contribution in [3.8, 4) is 5.75 Å². The fourth-order valence-electron chi connectivity index (χ4n) is 2.93. The summed E-state index contributed by atoms with van der Waals surface area (Å²) in [5, 5.41) is 0. The quantitative estimate of drug-likeness (QED) is 0.551. The number of aldehydes is 1. The molecular weight excluding hydrogens is 360 g/mol. The lowest BCUT2D eigenvalue weighted by Gasteiger charge is -2.26. The summed E-state index contributed by atoms with van der Waals surface area (Å²) in [6.07, 6.45) is 1.43. The molecule has 0 spiro atoms. The summed E-state index contributed by atoms with van der Waals surface area (Å²) in [4.78, 5) is 38.7. The van der Waals surface area contributed by atoms with Gasteiger partial charge in [0.25, 0.3) is 0 Å². The van der Waals surface area contributed by atoms with E-state index in [1.165, 1.54) is 0 Å². The molecule has 1 aliphatic rings. The largest absolute Gasteiger partial charge is 0.494 e. The number of hydrogen-bond acceptors (Lipinski definition) is 5. The zero-order chi connectivity index (χ0) is 20.7. The summed E-state index contributed by atoms with van der Waals surface area (Å²) in [5.74, 6) is 0.749. The van der Waals surface area contributed by atoms with Crippen LogP contribution in [0.1, 0.15) is 49.5 Å². The predicted octanol–water partition coefficient (Wildman–Crippen LogP) is 3.05. The Morgan fingerprint density at radius 2 is 1.96 bits per heavy atom. The Morgan fingerprint density at radius 3 is 2.61 bits per heavy atom. The summed E-state index contributed by atoms with van der Waals surface area (Å²) in [6, 6.07) is 5.34. The lowest BCUT2D eigenvalue weighted by molar-refractivity contribution is -0.130. The minimum Gasteiger partial charge on any atom is -0.494 e. The van der Waals surface area contributed by atoms with Crippen LogP contribution in [-0.2, 0) is 9.53 Å². The van der Waals surface area contributed by atoms with Crippen LogP contribution >= 0.6 is 0 Å². The molecule has 0 bridgehead atoms. The van der Waals surface area contributed by atoms with Gasteiger partial charge in [-0.25, -0.2) is 4.79 Å². The van der Waals surface area contributed by atoms with E-state index in [4.69, 9.17) is 9.47 Å². The number of hydrogen-bond donors (Lipinski definition) is 0. The number of ether oxygens (including phenoxy) is 2. The number of benzene rings is 1. The van der Waals surface area contributed by atoms with Crippen LogP contribution in [0.3, 0.4) is 0 Å². The van der Waals surface area contributed by atoms with Crippen molar-refractivity contribution in [2.75, 3.05) is 32.8 Å². The monoisotopic (exact) mass is 390 g/mol. The zero-order valence-corrected chi connectivity index (χ0v) is 17.2. The molecule has 1 fully saturated rings. The molecule has 1 aromatic carbocycles. The first-order chi connectivity index (χ1) is 13.2. The molecule has 1 saturated heterocycles. The molecule has 2 amide bonds. The Kier molecular flexibility index (Phi) is 7.43. The van der Waals surface area contributed by atoms with Gasteiger partial charge in [-0.15, -0.1) is 0 Å². The molecule has 0 unspecified atom stereocenters. The molecule has 0 atom stereocenters. The van der Waals surface area contributed by atoms with Crippen LogP contribution in [0.4, 0.5) is 4.79 Å². The summed E-state index contributed by atoms with van der Waals surface area (Å²) in [7, 11) is 0. The average Bonchev–Trinajstić information content (AvgIpc) is 2.79. The second-order valence-electron chi connectivity index (χ2n) is 7.94. The molecule has 28 heavy (non-hydrogen) atoms. The van der Waals surface area contributed by atoms with Gasteiger partial charge in [-0.05, 0) is 57.9 Å². The van der Waals surface area contributed by atoms with E-state index in [0.717, 1.165) is 11.8 Å². The molecule has 0 radical (unpaired) electrons. The number of nitrogens with zero attached hydrogens (tertiary/aromatic N) is 2. The second-order valence-corrected chi connectivity index (χ2v) is 7.94. The van der Waals surface area contributed by atoms with Gasteiger partial charge >= 0.3 is 6.09 Å². The summed E-state index contributed by atoms with van der Waals surface area (Å²) >= 11 is 0. The number of carbonyl (C=O) groups excluding carboxylic acids is 3. The average molecular weight is 390 g/mol. The minimum atomic E-state index is -0.549. The van der Waals surface area contributed by atoms with E-state index >= 15 is 0 Å². The summed E-state index contributed by atoms with van der Waals surface area (Å²) in [5.41, 5.74) is 0.974. The summed E-state index contributed by atoms with van der Waals surface area (Å²) in [6.45, 7) is 9.73. The Bertz CT molecular complexity index is 711. The maximum Gasteiger partial charge on any atom is 0.410 e. The Morgan fingerprint density at radius 1 is 1.21 bits per heavy atom. The maximum absolute atomic E-state index is 12.3. The third kappa shape index (κ3) is 6.55. The second kappa shape index (κ2) is 9.57. The van der Waals surface area contributed by atoms with Crippen LogP contribution in [0.25, 0.3) is 0 Å². The summed E-state index contributed by atoms with van der Waals surface area (Å²) < 4.78 is 11.1. The van der Waals surface area contributed by atoms with E-state index in [0.29, 0.717) is 56.9 Å². The molecular formula is C21H30N2O5. The van der Waals surface area contributed by atoms with Gasteiger partial charge in [0.15, 0.2) is 0 Å². The highest BCUT2D eigenvalue weighted by molar-refractivity contribution is 5.78. The Labute approximate surface area is 166 Å². The van der Waals surface area contributed by atoms with E-state index in [9.17, 15) is 14.4 Å². The number of aryl methyl sites for hydroxylation is 1. The molecule has 1 aliphatic heterocycles. The van der Waals surface area contributed by atoms with Crippen LogP contribution in [0.5, 0.6) is 5.75 Å². The molecule has 1 aromatic rings. The molecule has 0 N–H and O–H groups in total. The van der Waals surface area contributed by atoms with Crippen molar-refractivity contribution in [1.29, 1.82) is 0 Å².